The number of nitrogens with zero attached hydrogens (tertiary/aromatic N) is 3. The lowest BCUT2D eigenvalue weighted by molar-refractivity contribution is -0.146. The standard InChI is InChI=1S/C17H20N4O3S/c1-3-11-19-20-17(25-11)18-14(22)8(2)21-15(23)12-9-4-5-10(7-6-9)13(12)16(21)24/h4-5,8-10,12-13H,3,6-7H2,1-2H3,(H,18,20,22)/t8-,9-,10-,12+,13+/m0/s1. The van der Waals surface area contributed by atoms with Gasteiger partial charge in [-0.25, -0.2) is 0 Å². The van der Waals surface area contributed by atoms with E-state index in [0.717, 1.165) is 24.3 Å². The van der Waals surface area contributed by atoms with Gasteiger partial charge in [0.1, 0.15) is 11.0 Å². The van der Waals surface area contributed by atoms with Crippen LogP contribution >= 0.6 is 11.3 Å². The molecule has 25 heavy (non-hydrogen) atoms. The highest BCUT2D eigenvalue weighted by molar-refractivity contribution is 7.15. The smallest absolute Gasteiger partial charge is 0.249 e. The van der Waals surface area contributed by atoms with Crippen LogP contribution in [-0.4, -0.2) is 38.9 Å². The number of carbonyl (C=O) groups is 3. The Labute approximate surface area is 149 Å². The van der Waals surface area contributed by atoms with E-state index < -0.39 is 11.9 Å². The van der Waals surface area contributed by atoms with Crippen molar-refractivity contribution < 1.29 is 14.4 Å². The Morgan fingerprint density at radius 3 is 2.32 bits per heavy atom. The van der Waals surface area contributed by atoms with Crippen LogP contribution in [0.25, 0.3) is 0 Å². The van der Waals surface area contributed by atoms with Crippen LogP contribution in [0.4, 0.5) is 5.13 Å². The van der Waals surface area contributed by atoms with Crippen LogP contribution in [0.5, 0.6) is 0 Å². The van der Waals surface area contributed by atoms with E-state index in [4.69, 9.17) is 0 Å². The predicted molar refractivity (Wildman–Crippen MR) is 91.6 cm³/mol. The van der Waals surface area contributed by atoms with E-state index in [-0.39, 0.29) is 35.5 Å². The lowest BCUT2D eigenvalue weighted by Gasteiger charge is -2.38. The quantitative estimate of drug-likeness (QED) is 0.651. The molecule has 8 heteroatoms. The van der Waals surface area contributed by atoms with Crippen molar-refractivity contribution in [2.45, 2.75) is 39.2 Å². The summed E-state index contributed by atoms with van der Waals surface area (Å²) in [5.41, 5.74) is 0. The van der Waals surface area contributed by atoms with Crippen molar-refractivity contribution in [3.8, 4) is 0 Å². The molecule has 5 rings (SSSR count). The van der Waals surface area contributed by atoms with Crippen molar-refractivity contribution in [2.24, 2.45) is 23.7 Å². The highest BCUT2D eigenvalue weighted by atomic mass is 32.1. The van der Waals surface area contributed by atoms with Crippen LogP contribution < -0.4 is 5.32 Å². The van der Waals surface area contributed by atoms with E-state index in [9.17, 15) is 14.4 Å². The number of aromatic nitrogens is 2. The number of hydrogen-bond donors (Lipinski definition) is 1. The fraction of sp³-hybridized carbons (Fsp3) is 0.588. The summed E-state index contributed by atoms with van der Waals surface area (Å²) in [5.74, 6) is -1.14. The van der Waals surface area contributed by atoms with E-state index in [1.54, 1.807) is 6.92 Å². The second-order valence-corrected chi connectivity index (χ2v) is 7.97. The van der Waals surface area contributed by atoms with Crippen LogP contribution in [-0.2, 0) is 20.8 Å². The van der Waals surface area contributed by atoms with Crippen molar-refractivity contribution in [2.75, 3.05) is 5.32 Å². The van der Waals surface area contributed by atoms with Gasteiger partial charge in [0.25, 0.3) is 0 Å². The number of carbonyl (C=O) groups excluding carboxylic acids is 3. The Morgan fingerprint density at radius 1 is 1.24 bits per heavy atom. The van der Waals surface area contributed by atoms with E-state index in [1.807, 2.05) is 6.92 Å². The van der Waals surface area contributed by atoms with Crippen molar-refractivity contribution in [1.29, 1.82) is 0 Å². The van der Waals surface area contributed by atoms with Gasteiger partial charge in [0, 0.05) is 0 Å². The summed E-state index contributed by atoms with van der Waals surface area (Å²) in [5, 5.41) is 11.8. The normalized spacial score (nSPS) is 31.4. The Morgan fingerprint density at radius 2 is 1.84 bits per heavy atom. The first-order valence-electron chi connectivity index (χ1n) is 8.69. The molecule has 0 spiro atoms. The molecule has 4 aliphatic rings. The average molecular weight is 360 g/mol. The molecule has 1 saturated heterocycles. The monoisotopic (exact) mass is 360 g/mol. The maximum atomic E-state index is 12.9. The number of hydrogen-bond acceptors (Lipinski definition) is 6. The fourth-order valence-corrected chi connectivity index (χ4v) is 4.94. The molecule has 1 N–H and O–H groups in total. The third kappa shape index (κ3) is 2.50. The highest BCUT2D eigenvalue weighted by Crippen LogP contribution is 2.49. The fourth-order valence-electron chi connectivity index (χ4n) is 4.25. The van der Waals surface area contributed by atoms with E-state index >= 15 is 0 Å². The van der Waals surface area contributed by atoms with E-state index in [2.05, 4.69) is 27.7 Å². The molecule has 0 unspecified atom stereocenters. The number of imide groups is 1. The molecule has 0 aromatic carbocycles. The second kappa shape index (κ2) is 6.01. The maximum absolute atomic E-state index is 12.9. The first kappa shape index (κ1) is 16.4. The number of nitrogens with one attached hydrogen (secondary N) is 1. The summed E-state index contributed by atoms with van der Waals surface area (Å²) in [6.45, 7) is 3.56. The topological polar surface area (TPSA) is 92.3 Å². The second-order valence-electron chi connectivity index (χ2n) is 6.91. The Balaban J connectivity index is 1.52. The largest absolute Gasteiger partial charge is 0.299 e. The van der Waals surface area contributed by atoms with Crippen LogP contribution in [0.1, 0.15) is 31.7 Å². The zero-order valence-electron chi connectivity index (χ0n) is 14.1. The third-order valence-corrected chi connectivity index (χ3v) is 6.54. The lowest BCUT2D eigenvalue weighted by Crippen LogP contribution is -2.46. The molecule has 132 valence electrons. The van der Waals surface area contributed by atoms with Gasteiger partial charge in [-0.3, -0.25) is 24.6 Å². The minimum Gasteiger partial charge on any atom is -0.299 e. The number of allylic oxidation sites excluding steroid dienone is 2. The molecule has 0 radical (unpaired) electrons. The van der Waals surface area contributed by atoms with Gasteiger partial charge in [0.2, 0.25) is 22.9 Å². The number of fused-ring (bicyclic) bond motifs is 1. The molecule has 7 nitrogen and oxygen atoms in total. The zero-order chi connectivity index (χ0) is 17.7. The number of aryl methyl sites for hydroxylation is 1. The Kier molecular flexibility index (Phi) is 3.94. The van der Waals surface area contributed by atoms with Crippen LogP contribution in [0.2, 0.25) is 0 Å². The third-order valence-electron chi connectivity index (χ3n) is 5.56. The van der Waals surface area contributed by atoms with Gasteiger partial charge < -0.3 is 0 Å². The maximum Gasteiger partial charge on any atom is 0.249 e. The summed E-state index contributed by atoms with van der Waals surface area (Å²) in [4.78, 5) is 39.4. The first-order valence-corrected chi connectivity index (χ1v) is 9.51. The Hall–Kier alpha value is -2.09. The van der Waals surface area contributed by atoms with Crippen molar-refractivity contribution in [3.05, 3.63) is 17.2 Å². The number of rotatable bonds is 4. The molecular formula is C17H20N4O3S. The number of amides is 3. The first-order chi connectivity index (χ1) is 12.0. The molecule has 2 bridgehead atoms. The van der Waals surface area contributed by atoms with Gasteiger partial charge in [-0.05, 0) is 38.0 Å². The van der Waals surface area contributed by atoms with E-state index in [1.165, 1.54) is 16.2 Å². The molecule has 1 aromatic rings. The van der Waals surface area contributed by atoms with Gasteiger partial charge in [0.05, 0.1) is 11.8 Å². The van der Waals surface area contributed by atoms with Crippen molar-refractivity contribution in [1.82, 2.24) is 15.1 Å². The summed E-state index contributed by atoms with van der Waals surface area (Å²) in [6, 6.07) is -0.848. The minimum absolute atomic E-state index is 0.127. The van der Waals surface area contributed by atoms with E-state index in [0.29, 0.717) is 5.13 Å². The summed E-state index contributed by atoms with van der Waals surface area (Å²) in [7, 11) is 0. The minimum atomic E-state index is -0.848. The zero-order valence-corrected chi connectivity index (χ0v) is 15.0. The molecule has 1 aromatic heterocycles. The molecule has 1 saturated carbocycles. The lowest BCUT2D eigenvalue weighted by atomic mass is 9.63. The average Bonchev–Trinajstić information content (AvgIpc) is 3.19. The van der Waals surface area contributed by atoms with Gasteiger partial charge in [-0.1, -0.05) is 30.4 Å². The van der Waals surface area contributed by atoms with Crippen LogP contribution in [0.15, 0.2) is 12.2 Å². The van der Waals surface area contributed by atoms with Gasteiger partial charge in [0.15, 0.2) is 0 Å². The molecule has 3 aliphatic carbocycles. The summed E-state index contributed by atoms with van der Waals surface area (Å²) < 4.78 is 0. The number of anilines is 1. The SMILES string of the molecule is CCc1nnc(NC(=O)[C@H](C)N2C(=O)[C@H]3[C@H](C2=O)[C@H]2C=C[C@H]3CC2)s1. The number of likely N-dealkylation sites (tertiary alicyclic amines) is 1. The van der Waals surface area contributed by atoms with Crippen LogP contribution in [0.3, 0.4) is 0 Å². The van der Waals surface area contributed by atoms with Gasteiger partial charge in [-0.2, -0.15) is 0 Å². The highest BCUT2D eigenvalue weighted by Gasteiger charge is 2.58. The molecule has 1 aliphatic heterocycles. The molecule has 2 fully saturated rings. The molecule has 5 atom stereocenters. The van der Waals surface area contributed by atoms with Gasteiger partial charge in [-0.15, -0.1) is 10.2 Å². The van der Waals surface area contributed by atoms with Crippen LogP contribution in [0, 0.1) is 23.7 Å². The predicted octanol–water partition coefficient (Wildman–Crippen LogP) is 1.62. The van der Waals surface area contributed by atoms with Crippen molar-refractivity contribution in [3.63, 3.8) is 0 Å². The molecule has 3 amide bonds. The molecule has 2 heterocycles. The van der Waals surface area contributed by atoms with Gasteiger partial charge >= 0.3 is 0 Å². The molecular weight excluding hydrogens is 340 g/mol. The summed E-state index contributed by atoms with van der Waals surface area (Å²) in [6.07, 6.45) is 6.77. The Bertz CT molecular complexity index is 742. The van der Waals surface area contributed by atoms with Crippen molar-refractivity contribution >= 4 is 34.2 Å². The summed E-state index contributed by atoms with van der Waals surface area (Å²) >= 11 is 1.30.